The maximum atomic E-state index is 5.81. The monoisotopic (exact) mass is 296 g/mol. The summed E-state index contributed by atoms with van der Waals surface area (Å²) in [6.07, 6.45) is 20.9. The van der Waals surface area contributed by atoms with Crippen LogP contribution in [-0.2, 0) is 0 Å². The zero-order valence-corrected chi connectivity index (χ0v) is 14.8. The summed E-state index contributed by atoms with van der Waals surface area (Å²) in [5.74, 6) is 5.81. The molecule has 0 aromatic carbocycles. The average Bonchev–Trinajstić information content (AvgIpc) is 2.92. The van der Waals surface area contributed by atoms with E-state index in [9.17, 15) is 0 Å². The van der Waals surface area contributed by atoms with Gasteiger partial charge < -0.3 is 0 Å². The second-order valence-electron chi connectivity index (χ2n) is 7.55. The predicted molar refractivity (Wildman–Crippen MR) is 94.1 cm³/mol. The quantitative estimate of drug-likeness (QED) is 0.259. The lowest BCUT2D eigenvalue weighted by Crippen LogP contribution is -2.45. The molecule has 0 radical (unpaired) electrons. The Balaban J connectivity index is 1.95. The fourth-order valence-electron chi connectivity index (χ4n) is 4.00. The van der Waals surface area contributed by atoms with E-state index in [0.717, 1.165) is 0 Å². The van der Waals surface area contributed by atoms with Gasteiger partial charge in [0.05, 0.1) is 0 Å². The predicted octanol–water partition coefficient (Wildman–Crippen LogP) is 5.71. The van der Waals surface area contributed by atoms with Gasteiger partial charge in [-0.05, 0) is 24.7 Å². The summed E-state index contributed by atoms with van der Waals surface area (Å²) in [6.45, 7) is 4.72. The van der Waals surface area contributed by atoms with Crippen LogP contribution in [-0.4, -0.2) is 6.04 Å². The Bertz CT molecular complexity index is 234. The molecule has 0 aromatic rings. The molecule has 0 bridgehead atoms. The minimum absolute atomic E-state index is 0.466. The van der Waals surface area contributed by atoms with Gasteiger partial charge in [0.15, 0.2) is 0 Å². The molecule has 1 atom stereocenters. The number of rotatable bonds is 13. The molecular weight excluding hydrogens is 256 g/mol. The fourth-order valence-corrected chi connectivity index (χ4v) is 4.00. The molecule has 1 aliphatic rings. The third-order valence-corrected chi connectivity index (χ3v) is 5.63. The summed E-state index contributed by atoms with van der Waals surface area (Å²) in [4.78, 5) is 0. The van der Waals surface area contributed by atoms with Gasteiger partial charge in [0.1, 0.15) is 0 Å². The Morgan fingerprint density at radius 3 is 1.81 bits per heavy atom. The molecule has 1 fully saturated rings. The van der Waals surface area contributed by atoms with Crippen molar-refractivity contribution in [2.45, 2.75) is 116 Å². The van der Waals surface area contributed by atoms with Gasteiger partial charge in [0.25, 0.3) is 0 Å². The van der Waals surface area contributed by atoms with E-state index in [0.29, 0.717) is 11.5 Å². The summed E-state index contributed by atoms with van der Waals surface area (Å²) in [7, 11) is 0. The van der Waals surface area contributed by atoms with Crippen molar-refractivity contribution in [1.82, 2.24) is 5.43 Å². The van der Waals surface area contributed by atoms with Crippen molar-refractivity contribution in [3.8, 4) is 0 Å². The van der Waals surface area contributed by atoms with Crippen LogP contribution in [0.15, 0.2) is 0 Å². The molecule has 0 saturated heterocycles. The van der Waals surface area contributed by atoms with Crippen molar-refractivity contribution in [3.05, 3.63) is 0 Å². The van der Waals surface area contributed by atoms with E-state index in [1.165, 1.54) is 96.3 Å². The Morgan fingerprint density at radius 1 is 0.857 bits per heavy atom. The van der Waals surface area contributed by atoms with Crippen LogP contribution in [0.25, 0.3) is 0 Å². The summed E-state index contributed by atoms with van der Waals surface area (Å²) in [5, 5.41) is 0. The zero-order valence-electron chi connectivity index (χ0n) is 14.8. The molecule has 1 saturated carbocycles. The van der Waals surface area contributed by atoms with E-state index in [1.54, 1.807) is 0 Å². The van der Waals surface area contributed by atoms with Crippen molar-refractivity contribution < 1.29 is 0 Å². The van der Waals surface area contributed by atoms with E-state index < -0.39 is 0 Å². The maximum Gasteiger partial charge on any atom is 0.0264 e. The minimum atomic E-state index is 0.466. The topological polar surface area (TPSA) is 38.0 Å². The normalized spacial score (nSPS) is 19.0. The average molecular weight is 297 g/mol. The van der Waals surface area contributed by atoms with Gasteiger partial charge in [-0.15, -0.1) is 0 Å². The first-order chi connectivity index (χ1) is 10.2. The molecule has 0 aromatic heterocycles. The van der Waals surface area contributed by atoms with Crippen LogP contribution in [0.3, 0.4) is 0 Å². The highest BCUT2D eigenvalue weighted by Crippen LogP contribution is 2.41. The van der Waals surface area contributed by atoms with Crippen molar-refractivity contribution in [2.24, 2.45) is 11.3 Å². The first-order valence-electron chi connectivity index (χ1n) is 9.69. The van der Waals surface area contributed by atoms with Crippen molar-refractivity contribution >= 4 is 0 Å². The molecule has 1 aliphatic carbocycles. The van der Waals surface area contributed by atoms with Crippen LogP contribution in [0, 0.1) is 5.41 Å². The van der Waals surface area contributed by atoms with Crippen LogP contribution >= 0.6 is 0 Å². The number of hydrogen-bond acceptors (Lipinski definition) is 2. The highest BCUT2D eigenvalue weighted by molar-refractivity contribution is 4.90. The standard InChI is InChI=1S/C19H40N2/c1-3-4-5-6-7-8-9-10-11-12-15-18(21-20)19(2)16-13-14-17-19/h18,21H,3-17,20H2,1-2H3. The van der Waals surface area contributed by atoms with Gasteiger partial charge in [-0.25, -0.2) is 0 Å². The van der Waals surface area contributed by atoms with Crippen molar-refractivity contribution in [1.29, 1.82) is 0 Å². The van der Waals surface area contributed by atoms with E-state index in [1.807, 2.05) is 0 Å². The van der Waals surface area contributed by atoms with Gasteiger partial charge in [0, 0.05) is 6.04 Å². The Morgan fingerprint density at radius 2 is 1.33 bits per heavy atom. The van der Waals surface area contributed by atoms with Crippen LogP contribution in [0.5, 0.6) is 0 Å². The summed E-state index contributed by atoms with van der Waals surface area (Å²) >= 11 is 0. The van der Waals surface area contributed by atoms with Crippen LogP contribution in [0.4, 0.5) is 0 Å². The first-order valence-corrected chi connectivity index (χ1v) is 9.69. The van der Waals surface area contributed by atoms with Crippen LogP contribution < -0.4 is 11.3 Å². The number of nitrogens with one attached hydrogen (secondary N) is 1. The molecule has 0 aliphatic heterocycles. The Labute approximate surface area is 133 Å². The number of nitrogens with two attached hydrogens (primary N) is 1. The highest BCUT2D eigenvalue weighted by atomic mass is 15.2. The number of hydrogen-bond donors (Lipinski definition) is 2. The molecule has 126 valence electrons. The van der Waals surface area contributed by atoms with Gasteiger partial charge >= 0.3 is 0 Å². The SMILES string of the molecule is CCCCCCCCCCCCC(NN)C1(C)CCCC1. The van der Waals surface area contributed by atoms with E-state index in [-0.39, 0.29) is 0 Å². The first kappa shape index (κ1) is 19.0. The van der Waals surface area contributed by atoms with E-state index in [2.05, 4.69) is 19.3 Å². The van der Waals surface area contributed by atoms with Gasteiger partial charge in [-0.3, -0.25) is 11.3 Å². The lowest BCUT2D eigenvalue weighted by atomic mass is 9.78. The van der Waals surface area contributed by atoms with E-state index >= 15 is 0 Å². The summed E-state index contributed by atoms with van der Waals surface area (Å²) in [5.41, 5.74) is 3.58. The molecule has 0 heterocycles. The van der Waals surface area contributed by atoms with Gasteiger partial charge in [-0.2, -0.15) is 0 Å². The number of unbranched alkanes of at least 4 members (excludes halogenated alkanes) is 9. The lowest BCUT2D eigenvalue weighted by molar-refractivity contribution is 0.207. The molecule has 2 nitrogen and oxygen atoms in total. The molecule has 3 N–H and O–H groups in total. The smallest absolute Gasteiger partial charge is 0.0264 e. The summed E-state index contributed by atoms with van der Waals surface area (Å²) < 4.78 is 0. The molecule has 21 heavy (non-hydrogen) atoms. The maximum absolute atomic E-state index is 5.81. The summed E-state index contributed by atoms with van der Waals surface area (Å²) in [6, 6.07) is 0.536. The zero-order chi connectivity index (χ0) is 15.4. The molecule has 1 unspecified atom stereocenters. The molecular formula is C19H40N2. The Hall–Kier alpha value is -0.0800. The molecule has 2 heteroatoms. The van der Waals surface area contributed by atoms with Crippen molar-refractivity contribution in [3.63, 3.8) is 0 Å². The highest BCUT2D eigenvalue weighted by Gasteiger charge is 2.35. The number of hydrazine groups is 1. The van der Waals surface area contributed by atoms with Gasteiger partial charge in [0.2, 0.25) is 0 Å². The molecule has 1 rings (SSSR count). The molecule has 0 spiro atoms. The fraction of sp³-hybridized carbons (Fsp3) is 1.00. The largest absolute Gasteiger partial charge is 0.271 e. The van der Waals surface area contributed by atoms with Crippen molar-refractivity contribution in [2.75, 3.05) is 0 Å². The third kappa shape index (κ3) is 7.65. The second-order valence-corrected chi connectivity index (χ2v) is 7.55. The Kier molecular flexibility index (Phi) is 10.4. The van der Waals surface area contributed by atoms with Crippen LogP contribution in [0.1, 0.15) is 110 Å². The second kappa shape index (κ2) is 11.5. The lowest BCUT2D eigenvalue weighted by Gasteiger charge is -2.33. The van der Waals surface area contributed by atoms with E-state index in [4.69, 9.17) is 5.84 Å². The van der Waals surface area contributed by atoms with Gasteiger partial charge in [-0.1, -0.05) is 90.9 Å². The molecule has 0 amide bonds. The minimum Gasteiger partial charge on any atom is -0.271 e. The third-order valence-electron chi connectivity index (χ3n) is 5.63. The van der Waals surface area contributed by atoms with Crippen LogP contribution in [0.2, 0.25) is 0 Å².